The number of nitrogens with zero attached hydrogens (tertiary/aromatic N) is 3. The van der Waals surface area contributed by atoms with Crippen LogP contribution in [0.4, 0.5) is 5.69 Å². The number of aryl methyl sites for hydroxylation is 2. The van der Waals surface area contributed by atoms with E-state index in [0.717, 1.165) is 47.9 Å². The molecule has 1 aromatic carbocycles. The third-order valence-corrected chi connectivity index (χ3v) is 5.74. The number of carbonyl (C=O) groups is 1. The summed E-state index contributed by atoms with van der Waals surface area (Å²) < 4.78 is 0. The second-order valence-electron chi connectivity index (χ2n) is 6.40. The van der Waals surface area contributed by atoms with E-state index < -0.39 is 0 Å². The highest BCUT2D eigenvalue weighted by Crippen LogP contribution is 2.27. The molecule has 0 N–H and O–H groups in total. The van der Waals surface area contributed by atoms with Crippen molar-refractivity contribution >= 4 is 22.9 Å². The lowest BCUT2D eigenvalue weighted by molar-refractivity contribution is 0.0755. The Morgan fingerprint density at radius 3 is 2.88 bits per heavy atom. The topological polar surface area (TPSA) is 36.4 Å². The van der Waals surface area contributed by atoms with E-state index in [1.807, 2.05) is 17.9 Å². The van der Waals surface area contributed by atoms with E-state index >= 15 is 0 Å². The fraction of sp³-hybridized carbons (Fsp3) is 0.474. The van der Waals surface area contributed by atoms with Gasteiger partial charge in [-0.15, -0.1) is 11.3 Å². The molecule has 0 aliphatic carbocycles. The Morgan fingerprint density at radius 2 is 2.08 bits per heavy atom. The summed E-state index contributed by atoms with van der Waals surface area (Å²) in [6.45, 7) is 6.39. The van der Waals surface area contributed by atoms with Crippen molar-refractivity contribution in [1.29, 1.82) is 0 Å². The lowest BCUT2D eigenvalue weighted by Crippen LogP contribution is -2.34. The van der Waals surface area contributed by atoms with Gasteiger partial charge in [0.2, 0.25) is 0 Å². The largest absolute Gasteiger partial charge is 0.373 e. The first-order valence-corrected chi connectivity index (χ1v) is 9.46. The van der Waals surface area contributed by atoms with E-state index in [1.165, 1.54) is 11.3 Å². The number of benzene rings is 1. The van der Waals surface area contributed by atoms with Crippen LogP contribution < -0.4 is 4.90 Å². The maximum atomic E-state index is 13.1. The zero-order chi connectivity index (χ0) is 17.1. The maximum Gasteiger partial charge on any atom is 0.266 e. The Hall–Kier alpha value is -1.88. The average Bonchev–Trinajstić information content (AvgIpc) is 2.87. The van der Waals surface area contributed by atoms with Crippen molar-refractivity contribution in [3.8, 4) is 0 Å². The summed E-state index contributed by atoms with van der Waals surface area (Å²) in [5, 5.41) is 1.09. The van der Waals surface area contributed by atoms with Crippen molar-refractivity contribution in [2.75, 3.05) is 25.0 Å². The Balaban J connectivity index is 1.82. The summed E-state index contributed by atoms with van der Waals surface area (Å²) in [6.07, 6.45) is 3.25. The second kappa shape index (κ2) is 7.34. The van der Waals surface area contributed by atoms with Gasteiger partial charge in [-0.05, 0) is 31.4 Å². The number of rotatable bonds is 4. The Bertz CT molecular complexity index is 725. The van der Waals surface area contributed by atoms with Crippen LogP contribution in [0.2, 0.25) is 0 Å². The maximum absolute atomic E-state index is 13.1. The van der Waals surface area contributed by atoms with Crippen LogP contribution in [0.25, 0.3) is 0 Å². The Morgan fingerprint density at radius 1 is 1.29 bits per heavy atom. The third kappa shape index (κ3) is 3.46. The van der Waals surface area contributed by atoms with Gasteiger partial charge in [0.25, 0.3) is 5.91 Å². The van der Waals surface area contributed by atoms with Gasteiger partial charge in [0.15, 0.2) is 0 Å². The van der Waals surface area contributed by atoms with Crippen molar-refractivity contribution in [3.63, 3.8) is 0 Å². The number of para-hydroxylation sites is 1. The predicted octanol–water partition coefficient (Wildman–Crippen LogP) is 3.89. The minimum atomic E-state index is 0.123. The molecule has 5 heteroatoms. The van der Waals surface area contributed by atoms with Gasteiger partial charge < -0.3 is 9.80 Å². The second-order valence-corrected chi connectivity index (χ2v) is 7.49. The number of amides is 1. The van der Waals surface area contributed by atoms with E-state index in [4.69, 9.17) is 0 Å². The molecule has 1 aliphatic heterocycles. The minimum Gasteiger partial charge on any atom is -0.373 e. The van der Waals surface area contributed by atoms with Crippen LogP contribution in [-0.4, -0.2) is 35.9 Å². The van der Waals surface area contributed by atoms with Crippen LogP contribution in [0.3, 0.4) is 0 Å². The number of aromatic nitrogens is 1. The monoisotopic (exact) mass is 343 g/mol. The van der Waals surface area contributed by atoms with Crippen LogP contribution in [0.1, 0.15) is 45.7 Å². The number of thiazole rings is 1. The van der Waals surface area contributed by atoms with Gasteiger partial charge in [-0.1, -0.05) is 31.5 Å². The lowest BCUT2D eigenvalue weighted by atomic mass is 10.1. The van der Waals surface area contributed by atoms with Crippen molar-refractivity contribution in [3.05, 3.63) is 45.4 Å². The molecule has 0 spiro atoms. The van der Waals surface area contributed by atoms with Gasteiger partial charge in [-0.25, -0.2) is 4.98 Å². The predicted molar refractivity (Wildman–Crippen MR) is 99.9 cm³/mol. The number of likely N-dealkylation sites (N-methyl/N-ethyl adjacent to an activating group) is 1. The summed E-state index contributed by atoms with van der Waals surface area (Å²) >= 11 is 1.57. The molecular formula is C19H25N3OS. The molecule has 2 heterocycles. The van der Waals surface area contributed by atoms with E-state index in [2.05, 4.69) is 42.1 Å². The van der Waals surface area contributed by atoms with Crippen molar-refractivity contribution in [1.82, 2.24) is 9.88 Å². The van der Waals surface area contributed by atoms with Gasteiger partial charge in [0, 0.05) is 32.4 Å². The van der Waals surface area contributed by atoms with E-state index in [9.17, 15) is 4.79 Å². The Kier molecular flexibility index (Phi) is 5.19. The SMILES string of the molecule is CCCCc1nc(C)c(C(=O)N2CCN(C)c3ccccc3C2)s1. The molecule has 4 nitrogen and oxygen atoms in total. The first-order valence-electron chi connectivity index (χ1n) is 8.64. The third-order valence-electron chi connectivity index (χ3n) is 4.54. The number of unbranched alkanes of at least 4 members (excludes halogenated alkanes) is 1. The zero-order valence-electron chi connectivity index (χ0n) is 14.7. The standard InChI is InChI=1S/C19H25N3OS/c1-4-5-10-17-20-14(2)18(24-17)19(23)22-12-11-21(3)16-9-7-6-8-15(16)13-22/h6-9H,4-5,10-13H2,1-3H3. The molecule has 0 bridgehead atoms. The van der Waals surface area contributed by atoms with Crippen molar-refractivity contribution in [2.24, 2.45) is 0 Å². The van der Waals surface area contributed by atoms with Crippen LogP contribution >= 0.6 is 11.3 Å². The molecule has 128 valence electrons. The number of hydrogen-bond acceptors (Lipinski definition) is 4. The van der Waals surface area contributed by atoms with Crippen LogP contribution in [0, 0.1) is 6.92 Å². The fourth-order valence-electron chi connectivity index (χ4n) is 3.10. The molecule has 1 aromatic heterocycles. The van der Waals surface area contributed by atoms with Crippen LogP contribution in [0.5, 0.6) is 0 Å². The highest BCUT2D eigenvalue weighted by Gasteiger charge is 2.25. The number of fused-ring (bicyclic) bond motifs is 1. The molecular weight excluding hydrogens is 318 g/mol. The molecule has 24 heavy (non-hydrogen) atoms. The molecule has 0 atom stereocenters. The molecule has 0 fully saturated rings. The van der Waals surface area contributed by atoms with E-state index in [-0.39, 0.29) is 5.91 Å². The molecule has 0 radical (unpaired) electrons. The van der Waals surface area contributed by atoms with Gasteiger partial charge in [0.05, 0.1) is 10.7 Å². The number of anilines is 1. The summed E-state index contributed by atoms with van der Waals surface area (Å²) in [6, 6.07) is 8.34. The van der Waals surface area contributed by atoms with Gasteiger partial charge in [-0.2, -0.15) is 0 Å². The van der Waals surface area contributed by atoms with Crippen LogP contribution in [-0.2, 0) is 13.0 Å². The van der Waals surface area contributed by atoms with Crippen molar-refractivity contribution < 1.29 is 4.79 Å². The smallest absolute Gasteiger partial charge is 0.266 e. The van der Waals surface area contributed by atoms with Gasteiger partial charge in [-0.3, -0.25) is 4.79 Å². The fourth-order valence-corrected chi connectivity index (χ4v) is 4.17. The average molecular weight is 343 g/mol. The summed E-state index contributed by atoms with van der Waals surface area (Å²) in [4.78, 5) is 22.7. The first-order chi connectivity index (χ1) is 11.6. The highest BCUT2D eigenvalue weighted by molar-refractivity contribution is 7.13. The van der Waals surface area contributed by atoms with Gasteiger partial charge in [0.1, 0.15) is 4.88 Å². The summed E-state index contributed by atoms with van der Waals surface area (Å²) in [7, 11) is 2.09. The summed E-state index contributed by atoms with van der Waals surface area (Å²) in [5.74, 6) is 0.123. The van der Waals surface area contributed by atoms with E-state index in [1.54, 1.807) is 11.3 Å². The lowest BCUT2D eigenvalue weighted by Gasteiger charge is -2.20. The summed E-state index contributed by atoms with van der Waals surface area (Å²) in [5.41, 5.74) is 3.30. The number of hydrogen-bond donors (Lipinski definition) is 0. The molecule has 0 saturated heterocycles. The minimum absolute atomic E-state index is 0.123. The van der Waals surface area contributed by atoms with Gasteiger partial charge >= 0.3 is 0 Å². The molecule has 0 saturated carbocycles. The quantitative estimate of drug-likeness (QED) is 0.845. The molecule has 2 aromatic rings. The molecule has 3 rings (SSSR count). The number of carbonyl (C=O) groups excluding carboxylic acids is 1. The zero-order valence-corrected chi connectivity index (χ0v) is 15.5. The molecule has 1 aliphatic rings. The Labute approximate surface area is 148 Å². The van der Waals surface area contributed by atoms with E-state index in [0.29, 0.717) is 6.54 Å². The molecule has 1 amide bonds. The first kappa shape index (κ1) is 17.0. The van der Waals surface area contributed by atoms with Crippen molar-refractivity contribution in [2.45, 2.75) is 39.7 Å². The normalized spacial score (nSPS) is 14.5. The molecule has 0 unspecified atom stereocenters. The highest BCUT2D eigenvalue weighted by atomic mass is 32.1. The van der Waals surface area contributed by atoms with Crippen LogP contribution in [0.15, 0.2) is 24.3 Å².